The van der Waals surface area contributed by atoms with Crippen molar-refractivity contribution in [3.63, 3.8) is 0 Å². The van der Waals surface area contributed by atoms with Gasteiger partial charge < -0.3 is 10.6 Å². The summed E-state index contributed by atoms with van der Waals surface area (Å²) in [6.45, 7) is 5.02. The summed E-state index contributed by atoms with van der Waals surface area (Å²) in [4.78, 5) is 16.4. The SMILES string of the molecule is CC(C)CNc1cncc(C(=O)Nc2c(Cl)cccc2Cl)c1. The largest absolute Gasteiger partial charge is 0.384 e. The molecule has 22 heavy (non-hydrogen) atoms. The maximum atomic E-state index is 12.3. The number of nitrogens with zero attached hydrogens (tertiary/aromatic N) is 1. The quantitative estimate of drug-likeness (QED) is 0.830. The van der Waals surface area contributed by atoms with Gasteiger partial charge in [-0.05, 0) is 24.1 Å². The van der Waals surface area contributed by atoms with Gasteiger partial charge >= 0.3 is 0 Å². The summed E-state index contributed by atoms with van der Waals surface area (Å²) < 4.78 is 0. The highest BCUT2D eigenvalue weighted by atomic mass is 35.5. The van der Waals surface area contributed by atoms with Gasteiger partial charge in [0.15, 0.2) is 0 Å². The van der Waals surface area contributed by atoms with Gasteiger partial charge in [0.05, 0.1) is 27.0 Å². The van der Waals surface area contributed by atoms with Crippen LogP contribution in [0.3, 0.4) is 0 Å². The molecule has 116 valence electrons. The number of hydrogen-bond acceptors (Lipinski definition) is 3. The lowest BCUT2D eigenvalue weighted by atomic mass is 10.2. The smallest absolute Gasteiger partial charge is 0.257 e. The molecular weight excluding hydrogens is 321 g/mol. The average Bonchev–Trinajstić information content (AvgIpc) is 2.49. The van der Waals surface area contributed by atoms with Crippen molar-refractivity contribution >= 4 is 40.5 Å². The number of carbonyl (C=O) groups is 1. The first-order valence-electron chi connectivity index (χ1n) is 6.91. The molecule has 0 spiro atoms. The highest BCUT2D eigenvalue weighted by molar-refractivity contribution is 6.40. The molecule has 0 fully saturated rings. The van der Waals surface area contributed by atoms with Crippen LogP contribution in [-0.2, 0) is 0 Å². The molecule has 2 rings (SSSR count). The van der Waals surface area contributed by atoms with E-state index >= 15 is 0 Å². The standard InChI is InChI=1S/C16H17Cl2N3O/c1-10(2)7-20-12-6-11(8-19-9-12)16(22)21-15-13(17)4-3-5-14(15)18/h3-6,8-10,20H,7H2,1-2H3,(H,21,22). The molecule has 0 saturated carbocycles. The molecule has 1 aromatic heterocycles. The number of amides is 1. The minimum Gasteiger partial charge on any atom is -0.384 e. The zero-order chi connectivity index (χ0) is 16.1. The van der Waals surface area contributed by atoms with E-state index in [0.29, 0.717) is 27.2 Å². The Kier molecular flexibility index (Phi) is 5.63. The van der Waals surface area contributed by atoms with Gasteiger partial charge in [-0.1, -0.05) is 43.1 Å². The summed E-state index contributed by atoms with van der Waals surface area (Å²) in [5.74, 6) is 0.190. The zero-order valence-corrected chi connectivity index (χ0v) is 13.9. The highest BCUT2D eigenvalue weighted by Gasteiger charge is 2.12. The Bertz CT molecular complexity index is 654. The number of rotatable bonds is 5. The third-order valence-electron chi connectivity index (χ3n) is 2.92. The van der Waals surface area contributed by atoms with Crippen molar-refractivity contribution in [1.29, 1.82) is 0 Å². The van der Waals surface area contributed by atoms with Crippen molar-refractivity contribution in [2.24, 2.45) is 5.92 Å². The molecule has 0 radical (unpaired) electrons. The maximum absolute atomic E-state index is 12.3. The Hall–Kier alpha value is -1.78. The lowest BCUT2D eigenvalue weighted by Gasteiger charge is -2.11. The first-order chi connectivity index (χ1) is 10.5. The van der Waals surface area contributed by atoms with Crippen LogP contribution in [0.2, 0.25) is 10.0 Å². The van der Waals surface area contributed by atoms with E-state index in [1.165, 1.54) is 6.20 Å². The second-order valence-corrected chi connectivity index (χ2v) is 6.10. The number of halogens is 2. The van der Waals surface area contributed by atoms with Crippen LogP contribution in [0.5, 0.6) is 0 Å². The lowest BCUT2D eigenvalue weighted by Crippen LogP contribution is -2.14. The predicted octanol–water partition coefficient (Wildman–Crippen LogP) is 4.71. The normalized spacial score (nSPS) is 10.6. The number of nitrogens with one attached hydrogen (secondary N) is 2. The second kappa shape index (κ2) is 7.47. The van der Waals surface area contributed by atoms with Crippen molar-refractivity contribution in [1.82, 2.24) is 4.98 Å². The molecule has 0 saturated heterocycles. The molecule has 0 unspecified atom stereocenters. The van der Waals surface area contributed by atoms with Gasteiger partial charge in [0.1, 0.15) is 0 Å². The minimum atomic E-state index is -0.310. The molecule has 6 heteroatoms. The molecular formula is C16H17Cl2N3O. The summed E-state index contributed by atoms with van der Waals surface area (Å²) in [6.07, 6.45) is 3.18. The molecule has 0 aliphatic carbocycles. The molecule has 0 aliphatic heterocycles. The van der Waals surface area contributed by atoms with Gasteiger partial charge in [-0.25, -0.2) is 0 Å². The predicted molar refractivity (Wildman–Crippen MR) is 92.0 cm³/mol. The Morgan fingerprint density at radius 1 is 1.23 bits per heavy atom. The topological polar surface area (TPSA) is 54.0 Å². The van der Waals surface area contributed by atoms with E-state index in [1.807, 2.05) is 0 Å². The molecule has 2 aromatic rings. The molecule has 4 nitrogen and oxygen atoms in total. The van der Waals surface area contributed by atoms with Gasteiger partial charge in [0, 0.05) is 18.9 Å². The summed E-state index contributed by atoms with van der Waals surface area (Å²) in [6, 6.07) is 6.80. The third kappa shape index (κ3) is 4.36. The van der Waals surface area contributed by atoms with Crippen molar-refractivity contribution < 1.29 is 4.79 Å². The van der Waals surface area contributed by atoms with E-state index in [1.54, 1.807) is 30.5 Å². The third-order valence-corrected chi connectivity index (χ3v) is 3.55. The van der Waals surface area contributed by atoms with Crippen molar-refractivity contribution in [2.45, 2.75) is 13.8 Å². The molecule has 0 bridgehead atoms. The molecule has 2 N–H and O–H groups in total. The zero-order valence-electron chi connectivity index (χ0n) is 12.4. The number of carbonyl (C=O) groups excluding carboxylic acids is 1. The second-order valence-electron chi connectivity index (χ2n) is 5.29. The van der Waals surface area contributed by atoms with Gasteiger partial charge in [0.25, 0.3) is 5.91 Å². The van der Waals surface area contributed by atoms with Crippen LogP contribution < -0.4 is 10.6 Å². The van der Waals surface area contributed by atoms with Crippen molar-refractivity contribution in [3.8, 4) is 0 Å². The monoisotopic (exact) mass is 337 g/mol. The number of benzene rings is 1. The van der Waals surface area contributed by atoms with Gasteiger partial charge in [-0.2, -0.15) is 0 Å². The Balaban J connectivity index is 2.14. The van der Waals surface area contributed by atoms with Gasteiger partial charge in [0.2, 0.25) is 0 Å². The van der Waals surface area contributed by atoms with E-state index in [2.05, 4.69) is 29.5 Å². The summed E-state index contributed by atoms with van der Waals surface area (Å²) >= 11 is 12.1. The highest BCUT2D eigenvalue weighted by Crippen LogP contribution is 2.30. The summed E-state index contributed by atoms with van der Waals surface area (Å²) in [7, 11) is 0. The number of aromatic nitrogens is 1. The first kappa shape index (κ1) is 16.6. The van der Waals surface area contributed by atoms with Crippen LogP contribution in [0.25, 0.3) is 0 Å². The van der Waals surface area contributed by atoms with Crippen molar-refractivity contribution in [3.05, 3.63) is 52.3 Å². The van der Waals surface area contributed by atoms with Crippen LogP contribution in [0.1, 0.15) is 24.2 Å². The van der Waals surface area contributed by atoms with E-state index in [9.17, 15) is 4.79 Å². The maximum Gasteiger partial charge on any atom is 0.257 e. The average molecular weight is 338 g/mol. The van der Waals surface area contributed by atoms with E-state index in [0.717, 1.165) is 12.2 Å². The van der Waals surface area contributed by atoms with Gasteiger partial charge in [-0.3, -0.25) is 9.78 Å². The molecule has 0 atom stereocenters. The molecule has 1 amide bonds. The molecule has 0 aliphatic rings. The number of anilines is 2. The van der Waals surface area contributed by atoms with Gasteiger partial charge in [-0.15, -0.1) is 0 Å². The Morgan fingerprint density at radius 2 is 1.91 bits per heavy atom. The fourth-order valence-electron chi connectivity index (χ4n) is 1.79. The van der Waals surface area contributed by atoms with Crippen LogP contribution in [0.15, 0.2) is 36.7 Å². The fourth-order valence-corrected chi connectivity index (χ4v) is 2.28. The van der Waals surface area contributed by atoms with Crippen LogP contribution in [0, 0.1) is 5.92 Å². The number of hydrogen-bond donors (Lipinski definition) is 2. The lowest BCUT2D eigenvalue weighted by molar-refractivity contribution is 0.102. The van der Waals surface area contributed by atoms with Crippen LogP contribution in [-0.4, -0.2) is 17.4 Å². The summed E-state index contributed by atoms with van der Waals surface area (Å²) in [5.41, 5.74) is 1.63. The van der Waals surface area contributed by atoms with Crippen molar-refractivity contribution in [2.75, 3.05) is 17.2 Å². The number of para-hydroxylation sites is 1. The molecule has 1 aromatic carbocycles. The van der Waals surface area contributed by atoms with E-state index < -0.39 is 0 Å². The number of pyridine rings is 1. The van der Waals surface area contributed by atoms with E-state index in [-0.39, 0.29) is 5.91 Å². The molecule has 1 heterocycles. The Morgan fingerprint density at radius 3 is 2.55 bits per heavy atom. The summed E-state index contributed by atoms with van der Waals surface area (Å²) in [5, 5.41) is 6.73. The first-order valence-corrected chi connectivity index (χ1v) is 7.67. The van der Waals surface area contributed by atoms with Crippen LogP contribution in [0.4, 0.5) is 11.4 Å². The van der Waals surface area contributed by atoms with E-state index in [4.69, 9.17) is 23.2 Å². The minimum absolute atomic E-state index is 0.310. The fraction of sp³-hybridized carbons (Fsp3) is 0.250. The van der Waals surface area contributed by atoms with Crippen LogP contribution >= 0.6 is 23.2 Å². The Labute approximate surface area is 139 Å².